The molecule has 0 aliphatic heterocycles. The fourth-order valence-electron chi connectivity index (χ4n) is 1.74. The van der Waals surface area contributed by atoms with Gasteiger partial charge in [-0.05, 0) is 35.9 Å². The second-order valence-electron chi connectivity index (χ2n) is 4.22. The topological polar surface area (TPSA) is 29.1 Å². The van der Waals surface area contributed by atoms with Crippen LogP contribution in [-0.2, 0) is 11.2 Å². The molecule has 0 radical (unpaired) electrons. The molecule has 0 aliphatic rings. The summed E-state index contributed by atoms with van der Waals surface area (Å²) in [6.45, 7) is 0. The van der Waals surface area contributed by atoms with E-state index in [0.29, 0.717) is 27.4 Å². The van der Waals surface area contributed by atoms with E-state index in [9.17, 15) is 13.6 Å². The summed E-state index contributed by atoms with van der Waals surface area (Å²) in [5.41, 5.74) is 1.30. The molecule has 0 spiro atoms. The first-order chi connectivity index (χ1) is 10.0. The van der Waals surface area contributed by atoms with Crippen LogP contribution >= 0.6 is 23.4 Å². The molecule has 21 heavy (non-hydrogen) atoms. The lowest BCUT2D eigenvalue weighted by molar-refractivity contribution is -0.115. The van der Waals surface area contributed by atoms with Crippen LogP contribution in [0.5, 0.6) is 0 Å². The Morgan fingerprint density at radius 1 is 1.14 bits per heavy atom. The van der Waals surface area contributed by atoms with E-state index >= 15 is 0 Å². The lowest BCUT2D eigenvalue weighted by Gasteiger charge is -2.07. The highest BCUT2D eigenvalue weighted by molar-refractivity contribution is 7.99. The van der Waals surface area contributed by atoms with Crippen LogP contribution < -0.4 is 5.32 Å². The van der Waals surface area contributed by atoms with Crippen molar-refractivity contribution in [2.45, 2.75) is 17.1 Å². The molecule has 6 heteroatoms. The maximum absolute atomic E-state index is 12.2. The van der Waals surface area contributed by atoms with Crippen molar-refractivity contribution in [1.29, 1.82) is 0 Å². The standard InChI is InChI=1S/C15H12ClF2NOS/c16-13-4-2-1-3-10(13)9-14(20)19-11-5-7-12(8-6-11)21-15(17)18/h1-8,15H,9H2,(H,19,20). The van der Waals surface area contributed by atoms with Crippen molar-refractivity contribution in [2.24, 2.45) is 0 Å². The molecule has 2 rings (SSSR count). The molecular formula is C15H12ClF2NOS. The molecule has 0 heterocycles. The van der Waals surface area contributed by atoms with E-state index in [1.165, 1.54) is 0 Å². The van der Waals surface area contributed by atoms with Gasteiger partial charge in [0, 0.05) is 15.6 Å². The van der Waals surface area contributed by atoms with Crippen LogP contribution in [0, 0.1) is 0 Å². The number of amides is 1. The number of halogens is 3. The quantitative estimate of drug-likeness (QED) is 0.796. The number of hydrogen-bond donors (Lipinski definition) is 1. The van der Waals surface area contributed by atoms with Crippen molar-refractivity contribution >= 4 is 35.0 Å². The Bertz CT molecular complexity index is 619. The third-order valence-corrected chi connectivity index (χ3v) is 3.76. The SMILES string of the molecule is O=C(Cc1ccccc1Cl)Nc1ccc(SC(F)F)cc1. The van der Waals surface area contributed by atoms with Gasteiger partial charge in [0.2, 0.25) is 5.91 Å². The van der Waals surface area contributed by atoms with Crippen LogP contribution in [0.1, 0.15) is 5.56 Å². The van der Waals surface area contributed by atoms with Gasteiger partial charge in [0.05, 0.1) is 6.42 Å². The van der Waals surface area contributed by atoms with Crippen molar-refractivity contribution in [3.8, 4) is 0 Å². The number of rotatable bonds is 5. The van der Waals surface area contributed by atoms with Gasteiger partial charge in [-0.15, -0.1) is 0 Å². The predicted molar refractivity (Wildman–Crippen MR) is 82.1 cm³/mol. The minimum Gasteiger partial charge on any atom is -0.326 e. The average Bonchev–Trinajstić information content (AvgIpc) is 2.43. The number of alkyl halides is 2. The second kappa shape index (κ2) is 7.43. The lowest BCUT2D eigenvalue weighted by Crippen LogP contribution is -2.14. The monoisotopic (exact) mass is 327 g/mol. The van der Waals surface area contributed by atoms with E-state index in [4.69, 9.17) is 11.6 Å². The molecule has 0 fully saturated rings. The van der Waals surface area contributed by atoms with Gasteiger partial charge in [0.15, 0.2) is 0 Å². The minimum absolute atomic E-state index is 0.160. The lowest BCUT2D eigenvalue weighted by atomic mass is 10.1. The molecule has 2 aromatic rings. The summed E-state index contributed by atoms with van der Waals surface area (Å²) >= 11 is 6.45. The third kappa shape index (κ3) is 5.02. The fraction of sp³-hybridized carbons (Fsp3) is 0.133. The molecule has 1 N–H and O–H groups in total. The molecule has 0 aromatic heterocycles. The Labute approximate surface area is 130 Å². The molecule has 0 unspecified atom stereocenters. The zero-order valence-electron chi connectivity index (χ0n) is 10.9. The van der Waals surface area contributed by atoms with Crippen LogP contribution in [0.3, 0.4) is 0 Å². The predicted octanol–water partition coefficient (Wildman–Crippen LogP) is 4.84. The molecular weight excluding hydrogens is 316 g/mol. The van der Waals surface area contributed by atoms with E-state index in [1.807, 2.05) is 6.07 Å². The summed E-state index contributed by atoms with van der Waals surface area (Å²) in [5.74, 6) is -2.66. The Morgan fingerprint density at radius 2 is 1.81 bits per heavy atom. The second-order valence-corrected chi connectivity index (χ2v) is 5.69. The van der Waals surface area contributed by atoms with Gasteiger partial charge in [-0.25, -0.2) is 0 Å². The maximum atomic E-state index is 12.2. The zero-order chi connectivity index (χ0) is 15.2. The molecule has 2 nitrogen and oxygen atoms in total. The third-order valence-electron chi connectivity index (χ3n) is 2.67. The molecule has 110 valence electrons. The van der Waals surface area contributed by atoms with Crippen molar-refractivity contribution in [3.63, 3.8) is 0 Å². The number of nitrogens with one attached hydrogen (secondary N) is 1. The van der Waals surface area contributed by atoms with Crippen LogP contribution in [-0.4, -0.2) is 11.7 Å². The number of thioether (sulfide) groups is 1. The summed E-state index contributed by atoms with van der Waals surface area (Å²) in [7, 11) is 0. The van der Waals surface area contributed by atoms with E-state index in [2.05, 4.69) is 5.32 Å². The summed E-state index contributed by atoms with van der Waals surface area (Å²) < 4.78 is 24.4. The van der Waals surface area contributed by atoms with Crippen molar-refractivity contribution in [1.82, 2.24) is 0 Å². The van der Waals surface area contributed by atoms with Crippen LogP contribution in [0.25, 0.3) is 0 Å². The molecule has 2 aromatic carbocycles. The van der Waals surface area contributed by atoms with Crippen molar-refractivity contribution in [3.05, 3.63) is 59.1 Å². The number of hydrogen-bond acceptors (Lipinski definition) is 2. The summed E-state index contributed by atoms with van der Waals surface area (Å²) in [5, 5.41) is 3.24. The van der Waals surface area contributed by atoms with Gasteiger partial charge in [-0.1, -0.05) is 41.6 Å². The molecule has 0 bridgehead atoms. The first kappa shape index (κ1) is 15.8. The Balaban J connectivity index is 1.95. The van der Waals surface area contributed by atoms with Crippen LogP contribution in [0.15, 0.2) is 53.4 Å². The smallest absolute Gasteiger partial charge is 0.288 e. The van der Waals surface area contributed by atoms with Crippen LogP contribution in [0.2, 0.25) is 5.02 Å². The van der Waals surface area contributed by atoms with Gasteiger partial charge < -0.3 is 5.32 Å². The molecule has 0 aliphatic carbocycles. The molecule has 0 saturated carbocycles. The van der Waals surface area contributed by atoms with Crippen LogP contribution in [0.4, 0.5) is 14.5 Å². The minimum atomic E-state index is -2.45. The Hall–Kier alpha value is -1.59. The molecule has 0 saturated heterocycles. The number of anilines is 1. The summed E-state index contributed by atoms with van der Waals surface area (Å²) in [6, 6.07) is 13.4. The highest BCUT2D eigenvalue weighted by Crippen LogP contribution is 2.26. The maximum Gasteiger partial charge on any atom is 0.288 e. The molecule has 0 atom stereocenters. The van der Waals surface area contributed by atoms with Crippen molar-refractivity contribution in [2.75, 3.05) is 5.32 Å². The molecule has 1 amide bonds. The average molecular weight is 328 g/mol. The largest absolute Gasteiger partial charge is 0.326 e. The van der Waals surface area contributed by atoms with E-state index in [-0.39, 0.29) is 12.3 Å². The first-order valence-electron chi connectivity index (χ1n) is 6.13. The first-order valence-corrected chi connectivity index (χ1v) is 7.38. The van der Waals surface area contributed by atoms with E-state index < -0.39 is 5.76 Å². The highest BCUT2D eigenvalue weighted by Gasteiger charge is 2.08. The number of carbonyl (C=O) groups is 1. The highest BCUT2D eigenvalue weighted by atomic mass is 35.5. The van der Waals surface area contributed by atoms with Gasteiger partial charge in [-0.2, -0.15) is 8.78 Å². The van der Waals surface area contributed by atoms with Gasteiger partial charge >= 0.3 is 0 Å². The van der Waals surface area contributed by atoms with Gasteiger partial charge in [-0.3, -0.25) is 4.79 Å². The summed E-state index contributed by atoms with van der Waals surface area (Å²) in [6.07, 6.45) is 0.160. The summed E-state index contributed by atoms with van der Waals surface area (Å²) in [4.78, 5) is 12.4. The van der Waals surface area contributed by atoms with Gasteiger partial charge in [0.25, 0.3) is 5.76 Å². The normalized spacial score (nSPS) is 10.7. The van der Waals surface area contributed by atoms with E-state index in [0.717, 1.165) is 5.56 Å². The Kier molecular flexibility index (Phi) is 5.59. The van der Waals surface area contributed by atoms with Crippen molar-refractivity contribution < 1.29 is 13.6 Å². The van der Waals surface area contributed by atoms with Gasteiger partial charge in [0.1, 0.15) is 0 Å². The van der Waals surface area contributed by atoms with E-state index in [1.54, 1.807) is 42.5 Å². The zero-order valence-corrected chi connectivity index (χ0v) is 12.4. The number of carbonyl (C=O) groups excluding carboxylic acids is 1. The number of benzene rings is 2. The Morgan fingerprint density at radius 3 is 2.43 bits per heavy atom. The fourth-order valence-corrected chi connectivity index (χ4v) is 2.44.